The van der Waals surface area contributed by atoms with Crippen LogP contribution in [0.25, 0.3) is 0 Å². The number of halogens is 3. The van der Waals surface area contributed by atoms with Crippen molar-refractivity contribution < 1.29 is 14.4 Å². The topological polar surface area (TPSA) is 47.6 Å². The van der Waals surface area contributed by atoms with Crippen LogP contribution in [0.2, 0.25) is 0 Å². The molecule has 0 saturated carbocycles. The van der Waals surface area contributed by atoms with Gasteiger partial charge in [0.15, 0.2) is 0 Å². The minimum atomic E-state index is -1.58. The first-order chi connectivity index (χ1) is 7.97. The number of alkyl halides is 3. The summed E-state index contributed by atoms with van der Waals surface area (Å²) in [6.07, 6.45) is -0.747. The second-order valence-electron chi connectivity index (χ2n) is 3.07. The molecule has 1 amide bonds. The summed E-state index contributed by atoms with van der Waals surface area (Å²) in [7, 11) is 0. The standard InChI is InChI=1S/C10H10Cl3NO3/c11-10(12,13)7-17-14-9(15)16-6-8-4-2-1-3-5-8/h1-5H,6-7H2,(H,14,15). The number of hydroxylamine groups is 1. The number of amides is 1. The van der Waals surface area contributed by atoms with E-state index >= 15 is 0 Å². The third-order valence-corrected chi connectivity index (χ3v) is 1.93. The second kappa shape index (κ2) is 6.91. The van der Waals surface area contributed by atoms with Crippen molar-refractivity contribution in [3.8, 4) is 0 Å². The van der Waals surface area contributed by atoms with E-state index in [1.807, 2.05) is 35.8 Å². The Balaban J connectivity index is 2.18. The van der Waals surface area contributed by atoms with Gasteiger partial charge < -0.3 is 4.74 Å². The molecule has 1 N–H and O–H groups in total. The van der Waals surface area contributed by atoms with Crippen molar-refractivity contribution in [3.05, 3.63) is 35.9 Å². The summed E-state index contributed by atoms with van der Waals surface area (Å²) in [6, 6.07) is 9.21. The molecule has 17 heavy (non-hydrogen) atoms. The Morgan fingerprint density at radius 2 is 1.88 bits per heavy atom. The Bertz CT molecular complexity index is 354. The molecule has 0 saturated heterocycles. The first-order valence-corrected chi connectivity index (χ1v) is 5.76. The molecule has 0 aromatic heterocycles. The van der Waals surface area contributed by atoms with Gasteiger partial charge in [0, 0.05) is 0 Å². The molecule has 0 aliphatic rings. The number of rotatable bonds is 4. The van der Waals surface area contributed by atoms with E-state index in [0.29, 0.717) is 0 Å². The number of carbonyl (C=O) groups excluding carboxylic acids is 1. The first-order valence-electron chi connectivity index (χ1n) is 4.62. The van der Waals surface area contributed by atoms with Crippen LogP contribution < -0.4 is 5.48 Å². The lowest BCUT2D eigenvalue weighted by Crippen LogP contribution is -2.28. The van der Waals surface area contributed by atoms with Crippen LogP contribution >= 0.6 is 34.8 Å². The van der Waals surface area contributed by atoms with Crippen LogP contribution in [0, 0.1) is 0 Å². The van der Waals surface area contributed by atoms with E-state index in [9.17, 15) is 4.79 Å². The molecule has 0 fully saturated rings. The predicted octanol–water partition coefficient (Wildman–Crippen LogP) is 3.21. The van der Waals surface area contributed by atoms with Crippen LogP contribution in [-0.4, -0.2) is 16.5 Å². The molecule has 1 aromatic carbocycles. The van der Waals surface area contributed by atoms with Gasteiger partial charge >= 0.3 is 6.09 Å². The smallest absolute Gasteiger partial charge is 0.431 e. The van der Waals surface area contributed by atoms with Crippen molar-refractivity contribution in [3.63, 3.8) is 0 Å². The van der Waals surface area contributed by atoms with Crippen molar-refractivity contribution >= 4 is 40.9 Å². The summed E-state index contributed by atoms with van der Waals surface area (Å²) in [5.41, 5.74) is 2.86. The largest absolute Gasteiger partial charge is 0.443 e. The fourth-order valence-corrected chi connectivity index (χ4v) is 1.09. The van der Waals surface area contributed by atoms with Crippen LogP contribution in [0.5, 0.6) is 0 Å². The maximum absolute atomic E-state index is 11.1. The number of ether oxygens (including phenoxy) is 1. The number of hydrogen-bond donors (Lipinski definition) is 1. The Labute approximate surface area is 114 Å². The molecule has 0 radical (unpaired) electrons. The van der Waals surface area contributed by atoms with E-state index in [2.05, 4.69) is 4.84 Å². The fourth-order valence-electron chi connectivity index (χ4n) is 0.929. The van der Waals surface area contributed by atoms with Gasteiger partial charge in [-0.2, -0.15) is 5.48 Å². The number of nitrogens with one attached hydrogen (secondary N) is 1. The molecule has 94 valence electrons. The van der Waals surface area contributed by atoms with Gasteiger partial charge in [0.25, 0.3) is 0 Å². The minimum Gasteiger partial charge on any atom is -0.443 e. The summed E-state index contributed by atoms with van der Waals surface area (Å²) in [5, 5.41) is 0. The molecule has 7 heteroatoms. The number of carbonyl (C=O) groups is 1. The maximum atomic E-state index is 11.1. The van der Waals surface area contributed by atoms with E-state index in [-0.39, 0.29) is 13.2 Å². The Hall–Kier alpha value is -0.680. The van der Waals surface area contributed by atoms with Gasteiger partial charge in [-0.15, -0.1) is 0 Å². The van der Waals surface area contributed by atoms with E-state index in [0.717, 1.165) is 5.56 Å². The highest BCUT2D eigenvalue weighted by molar-refractivity contribution is 6.67. The SMILES string of the molecule is O=C(NOCC(Cl)(Cl)Cl)OCc1ccccc1. The average molecular weight is 299 g/mol. The quantitative estimate of drug-likeness (QED) is 0.686. The van der Waals surface area contributed by atoms with Crippen LogP contribution in [-0.2, 0) is 16.2 Å². The van der Waals surface area contributed by atoms with Gasteiger partial charge in [0.2, 0.25) is 3.79 Å². The van der Waals surface area contributed by atoms with Crippen LogP contribution in [0.15, 0.2) is 30.3 Å². The maximum Gasteiger partial charge on any atom is 0.431 e. The first kappa shape index (κ1) is 14.4. The zero-order valence-electron chi connectivity index (χ0n) is 8.66. The zero-order chi connectivity index (χ0) is 12.7. The highest BCUT2D eigenvalue weighted by Crippen LogP contribution is 2.25. The Morgan fingerprint density at radius 3 is 2.47 bits per heavy atom. The lowest BCUT2D eigenvalue weighted by atomic mass is 10.2. The molecule has 0 unspecified atom stereocenters. The van der Waals surface area contributed by atoms with Gasteiger partial charge in [-0.05, 0) is 5.56 Å². The third kappa shape index (κ3) is 7.28. The Morgan fingerprint density at radius 1 is 1.24 bits per heavy atom. The summed E-state index contributed by atoms with van der Waals surface area (Å²) in [4.78, 5) is 15.7. The molecular formula is C10H10Cl3NO3. The molecule has 0 heterocycles. The van der Waals surface area contributed by atoms with Crippen molar-refractivity contribution in [1.82, 2.24) is 5.48 Å². The summed E-state index contributed by atoms with van der Waals surface area (Å²) in [5.74, 6) is 0. The van der Waals surface area contributed by atoms with Crippen LogP contribution in [0.4, 0.5) is 4.79 Å². The fraction of sp³-hybridized carbons (Fsp3) is 0.300. The predicted molar refractivity (Wildman–Crippen MR) is 66.0 cm³/mol. The average Bonchev–Trinajstić information content (AvgIpc) is 2.26. The Kier molecular flexibility index (Phi) is 5.85. The molecule has 0 spiro atoms. The number of benzene rings is 1. The van der Waals surface area contributed by atoms with Gasteiger partial charge in [0.05, 0.1) is 0 Å². The highest BCUT2D eigenvalue weighted by Gasteiger charge is 2.20. The van der Waals surface area contributed by atoms with Crippen molar-refractivity contribution in [2.45, 2.75) is 10.4 Å². The molecular weight excluding hydrogens is 288 g/mol. The minimum absolute atomic E-state index is 0.143. The summed E-state index contributed by atoms with van der Waals surface area (Å²) >= 11 is 16.2. The lowest BCUT2D eigenvalue weighted by Gasteiger charge is -2.11. The van der Waals surface area contributed by atoms with E-state index in [1.54, 1.807) is 0 Å². The van der Waals surface area contributed by atoms with Gasteiger partial charge in [-0.3, -0.25) is 4.84 Å². The van der Waals surface area contributed by atoms with E-state index in [1.165, 1.54) is 0 Å². The van der Waals surface area contributed by atoms with Gasteiger partial charge in [-0.25, -0.2) is 4.79 Å². The van der Waals surface area contributed by atoms with Gasteiger partial charge in [0.1, 0.15) is 13.2 Å². The van der Waals surface area contributed by atoms with Crippen LogP contribution in [0.1, 0.15) is 5.56 Å². The molecule has 0 aliphatic carbocycles. The molecule has 0 atom stereocenters. The molecule has 1 rings (SSSR count). The number of hydrogen-bond acceptors (Lipinski definition) is 3. The highest BCUT2D eigenvalue weighted by atomic mass is 35.6. The van der Waals surface area contributed by atoms with Gasteiger partial charge in [-0.1, -0.05) is 65.1 Å². The second-order valence-corrected chi connectivity index (χ2v) is 5.58. The normalized spacial score (nSPS) is 11.0. The van der Waals surface area contributed by atoms with Crippen molar-refractivity contribution in [2.24, 2.45) is 0 Å². The molecule has 0 aliphatic heterocycles. The van der Waals surface area contributed by atoms with Crippen molar-refractivity contribution in [2.75, 3.05) is 6.61 Å². The molecule has 1 aromatic rings. The van der Waals surface area contributed by atoms with Crippen molar-refractivity contribution in [1.29, 1.82) is 0 Å². The summed E-state index contributed by atoms with van der Waals surface area (Å²) < 4.78 is 3.26. The van der Waals surface area contributed by atoms with E-state index < -0.39 is 9.89 Å². The monoisotopic (exact) mass is 297 g/mol. The lowest BCUT2D eigenvalue weighted by molar-refractivity contribution is 0.0277. The summed E-state index contributed by atoms with van der Waals surface area (Å²) in [6.45, 7) is -0.123. The third-order valence-electron chi connectivity index (χ3n) is 1.60. The van der Waals surface area contributed by atoms with Crippen LogP contribution in [0.3, 0.4) is 0 Å². The molecule has 0 bridgehead atoms. The zero-order valence-corrected chi connectivity index (χ0v) is 10.9. The van der Waals surface area contributed by atoms with E-state index in [4.69, 9.17) is 39.5 Å². The molecule has 4 nitrogen and oxygen atoms in total.